The molecule has 3 rings (SSSR count). The van der Waals surface area contributed by atoms with Gasteiger partial charge in [-0.15, -0.1) is 0 Å². The number of hydrogen-bond donors (Lipinski definition) is 8. The highest BCUT2D eigenvalue weighted by Crippen LogP contribution is 2.41. The lowest BCUT2D eigenvalue weighted by Crippen LogP contribution is -2.65. The van der Waals surface area contributed by atoms with Crippen LogP contribution >= 0.6 is 0 Å². The average Bonchev–Trinajstić information content (AvgIpc) is 2.91. The van der Waals surface area contributed by atoms with Crippen LogP contribution in [0.1, 0.15) is 5.56 Å². The van der Waals surface area contributed by atoms with Crippen LogP contribution in [0.3, 0.4) is 0 Å². The zero-order valence-corrected chi connectivity index (χ0v) is 20.2. The van der Waals surface area contributed by atoms with Crippen LogP contribution in [0, 0.1) is 0 Å². The largest absolute Gasteiger partial charge is 0.516 e. The maximum absolute atomic E-state index is 10.8. The first-order valence-electron chi connectivity index (χ1n) is 11.5. The number of methoxy groups -OCH3 is 2. The van der Waals surface area contributed by atoms with Gasteiger partial charge >= 0.3 is 0 Å². The molecule has 0 aliphatic carbocycles. The molecule has 0 amide bonds. The summed E-state index contributed by atoms with van der Waals surface area (Å²) in [7, 11) is 2.75. The highest BCUT2D eigenvalue weighted by Gasteiger charge is 2.51. The van der Waals surface area contributed by atoms with Crippen LogP contribution in [0.5, 0.6) is 17.2 Å². The third-order valence-corrected chi connectivity index (χ3v) is 6.17. The summed E-state index contributed by atoms with van der Waals surface area (Å²) in [5.41, 5.74) is 0.706. The minimum Gasteiger partial charge on any atom is -0.516 e. The van der Waals surface area contributed by atoms with E-state index in [9.17, 15) is 35.7 Å². The molecule has 0 spiro atoms. The smallest absolute Gasteiger partial charge is 0.229 e. The molecule has 14 heteroatoms. The van der Waals surface area contributed by atoms with Crippen LogP contribution in [0.15, 0.2) is 24.5 Å². The molecule has 37 heavy (non-hydrogen) atoms. The second-order valence-corrected chi connectivity index (χ2v) is 8.54. The fourth-order valence-electron chi connectivity index (χ4n) is 4.13. The van der Waals surface area contributed by atoms with Crippen molar-refractivity contribution in [2.24, 2.45) is 0 Å². The van der Waals surface area contributed by atoms with Gasteiger partial charge in [0.05, 0.1) is 33.7 Å². The molecular weight excluding hydrogens is 500 g/mol. The topological polar surface area (TPSA) is 217 Å². The number of aliphatic hydroxyl groups is 8. The van der Waals surface area contributed by atoms with Gasteiger partial charge in [-0.3, -0.25) is 0 Å². The third kappa shape index (κ3) is 6.26. The zero-order valence-electron chi connectivity index (χ0n) is 20.2. The van der Waals surface area contributed by atoms with Crippen molar-refractivity contribution in [2.45, 2.75) is 67.8 Å². The van der Waals surface area contributed by atoms with E-state index in [1.807, 2.05) is 0 Å². The van der Waals surface area contributed by atoms with Crippen molar-refractivity contribution in [1.29, 1.82) is 0 Å². The van der Waals surface area contributed by atoms with Crippen molar-refractivity contribution in [3.63, 3.8) is 0 Å². The van der Waals surface area contributed by atoms with Gasteiger partial charge in [0, 0.05) is 0 Å². The molecule has 2 aliphatic rings. The van der Waals surface area contributed by atoms with Gasteiger partial charge in [0.2, 0.25) is 12.0 Å². The monoisotopic (exact) mass is 534 g/mol. The van der Waals surface area contributed by atoms with E-state index < -0.39 is 74.6 Å². The molecule has 2 fully saturated rings. The Kier molecular flexibility index (Phi) is 10.3. The minimum atomic E-state index is -1.77. The number of hydrogen-bond acceptors (Lipinski definition) is 14. The first kappa shape index (κ1) is 29.3. The lowest BCUT2D eigenvalue weighted by atomic mass is 9.97. The van der Waals surface area contributed by atoms with E-state index in [1.165, 1.54) is 20.3 Å². The Morgan fingerprint density at radius 1 is 0.784 bits per heavy atom. The molecule has 10 atom stereocenters. The Bertz CT molecular complexity index is 867. The molecule has 2 saturated heterocycles. The van der Waals surface area contributed by atoms with Gasteiger partial charge in [-0.05, 0) is 30.2 Å². The van der Waals surface area contributed by atoms with E-state index in [1.54, 1.807) is 12.1 Å². The molecule has 0 bridgehead atoms. The first-order chi connectivity index (χ1) is 17.7. The van der Waals surface area contributed by atoms with Crippen molar-refractivity contribution in [1.82, 2.24) is 0 Å². The van der Waals surface area contributed by atoms with E-state index in [0.29, 0.717) is 12.0 Å². The molecule has 14 nitrogen and oxygen atoms in total. The van der Waals surface area contributed by atoms with Crippen molar-refractivity contribution in [2.75, 3.05) is 27.4 Å². The van der Waals surface area contributed by atoms with E-state index in [4.69, 9.17) is 33.5 Å². The predicted molar refractivity (Wildman–Crippen MR) is 122 cm³/mol. The van der Waals surface area contributed by atoms with E-state index >= 15 is 0 Å². The van der Waals surface area contributed by atoms with E-state index in [-0.39, 0.29) is 17.2 Å². The number of benzene rings is 1. The molecule has 2 aliphatic heterocycles. The molecule has 10 unspecified atom stereocenters. The molecule has 210 valence electrons. The molecule has 0 radical (unpaired) electrons. The van der Waals surface area contributed by atoms with Crippen LogP contribution in [0.2, 0.25) is 0 Å². The minimum absolute atomic E-state index is 0.0305. The van der Waals surface area contributed by atoms with Gasteiger partial charge in [-0.25, -0.2) is 0 Å². The van der Waals surface area contributed by atoms with Gasteiger partial charge < -0.3 is 69.3 Å². The summed E-state index contributed by atoms with van der Waals surface area (Å²) in [4.78, 5) is 0. The standard InChI is InChI=1S/C23H34O14/c1-32-11-6-10(4-3-5-24)7-12(33-2)20(11)36-23-19(31)17(29)21(14(9-26)35-23)37-22-18(30)16(28)15(27)13(8-25)34-22/h3,5-7,13-19,21-31H,4,8-9H2,1-2H3. The number of ether oxygens (including phenoxy) is 6. The second kappa shape index (κ2) is 13.0. The summed E-state index contributed by atoms with van der Waals surface area (Å²) in [6.07, 6.45) is -13.1. The second-order valence-electron chi connectivity index (χ2n) is 8.54. The lowest BCUT2D eigenvalue weighted by Gasteiger charge is -2.45. The van der Waals surface area contributed by atoms with Crippen LogP contribution < -0.4 is 14.2 Å². The Morgan fingerprint density at radius 3 is 1.89 bits per heavy atom. The number of aliphatic hydroxyl groups excluding tert-OH is 8. The summed E-state index contributed by atoms with van der Waals surface area (Å²) in [6, 6.07) is 3.22. The molecular formula is C23H34O14. The van der Waals surface area contributed by atoms with E-state index in [2.05, 4.69) is 0 Å². The number of rotatable bonds is 10. The predicted octanol–water partition coefficient (Wildman–Crippen LogP) is -2.68. The molecule has 1 aromatic rings. The van der Waals surface area contributed by atoms with Crippen molar-refractivity contribution in [3.8, 4) is 17.2 Å². The van der Waals surface area contributed by atoms with Crippen LogP contribution in [0.25, 0.3) is 0 Å². The summed E-state index contributed by atoms with van der Waals surface area (Å²) >= 11 is 0. The lowest BCUT2D eigenvalue weighted by molar-refractivity contribution is -0.352. The Labute approximate surface area is 212 Å². The highest BCUT2D eigenvalue weighted by atomic mass is 16.7. The maximum atomic E-state index is 10.8. The van der Waals surface area contributed by atoms with Gasteiger partial charge in [0.25, 0.3) is 0 Å². The SMILES string of the molecule is COc1cc(CC=CO)cc(OC)c1OC1OC(CO)C(OC2OC(CO)C(O)C(O)C2O)C(O)C1O. The van der Waals surface area contributed by atoms with Gasteiger partial charge in [-0.2, -0.15) is 0 Å². The van der Waals surface area contributed by atoms with Crippen LogP contribution in [-0.4, -0.2) is 130 Å². The van der Waals surface area contributed by atoms with Crippen molar-refractivity contribution < 1.29 is 69.3 Å². The summed E-state index contributed by atoms with van der Waals surface area (Å²) in [6.45, 7) is -1.42. The fraction of sp³-hybridized carbons (Fsp3) is 0.652. The highest BCUT2D eigenvalue weighted by molar-refractivity contribution is 5.54. The first-order valence-corrected chi connectivity index (χ1v) is 11.5. The number of allylic oxidation sites excluding steroid dienone is 1. The molecule has 1 aromatic carbocycles. The zero-order chi connectivity index (χ0) is 27.3. The van der Waals surface area contributed by atoms with Crippen LogP contribution in [0.4, 0.5) is 0 Å². The normalized spacial score (nSPS) is 36.5. The molecule has 2 heterocycles. The molecule has 8 N–H and O–H groups in total. The average molecular weight is 535 g/mol. The van der Waals surface area contributed by atoms with Gasteiger partial charge in [0.1, 0.15) is 48.8 Å². The van der Waals surface area contributed by atoms with Crippen molar-refractivity contribution in [3.05, 3.63) is 30.0 Å². The maximum Gasteiger partial charge on any atom is 0.229 e. The fourth-order valence-corrected chi connectivity index (χ4v) is 4.13. The molecule has 0 aromatic heterocycles. The Hall–Kier alpha value is -2.24. The summed E-state index contributed by atoms with van der Waals surface area (Å²) < 4.78 is 33.0. The Morgan fingerprint density at radius 2 is 1.35 bits per heavy atom. The molecule has 0 saturated carbocycles. The van der Waals surface area contributed by atoms with E-state index in [0.717, 1.165) is 6.26 Å². The van der Waals surface area contributed by atoms with Crippen molar-refractivity contribution >= 4 is 0 Å². The van der Waals surface area contributed by atoms with Gasteiger partial charge in [-0.1, -0.05) is 0 Å². The van der Waals surface area contributed by atoms with Crippen LogP contribution in [-0.2, 0) is 20.6 Å². The third-order valence-electron chi connectivity index (χ3n) is 6.17. The Balaban J connectivity index is 1.80. The summed E-state index contributed by atoms with van der Waals surface area (Å²) in [5.74, 6) is 0.431. The summed E-state index contributed by atoms with van der Waals surface area (Å²) in [5, 5.41) is 79.9. The van der Waals surface area contributed by atoms with Gasteiger partial charge in [0.15, 0.2) is 17.8 Å². The quantitative estimate of drug-likeness (QED) is 0.144.